The normalized spacial score (nSPS) is 21.2. The molecule has 2 aromatic heterocycles. The van der Waals surface area contributed by atoms with Crippen LogP contribution >= 0.6 is 0 Å². The number of aryl methyl sites for hydroxylation is 1. The minimum Gasteiger partial charge on any atom is -0.362 e. The van der Waals surface area contributed by atoms with Crippen LogP contribution in [-0.2, 0) is 0 Å². The van der Waals surface area contributed by atoms with E-state index in [1.165, 1.54) is 12.8 Å². The standard InChI is InChI=1S/C25H29N7/c1-15-18(11-26)6-4-8-20(15)16(2)29-25-21-10-24(28-12-22(21)17(3)30-31-25)32-13-19-7-5-9-27-23(19)14-32/h4,6,8,10,12,16,19,23,27H,5,7,9,13-14H2,1-3H3,(H,29,31)/t16-,19+,23-/m1/s1. The number of fused-ring (bicyclic) bond motifs is 2. The van der Waals surface area contributed by atoms with Crippen molar-refractivity contribution in [3.05, 3.63) is 52.8 Å². The van der Waals surface area contributed by atoms with E-state index in [1.54, 1.807) is 0 Å². The number of anilines is 2. The number of nitrogens with zero attached hydrogens (tertiary/aromatic N) is 5. The van der Waals surface area contributed by atoms with E-state index in [1.807, 2.05) is 32.2 Å². The van der Waals surface area contributed by atoms with Gasteiger partial charge in [0.1, 0.15) is 5.82 Å². The highest BCUT2D eigenvalue weighted by atomic mass is 15.2. The minimum absolute atomic E-state index is 0.0148. The van der Waals surface area contributed by atoms with E-state index in [2.05, 4.69) is 50.9 Å². The predicted molar refractivity (Wildman–Crippen MR) is 127 cm³/mol. The molecule has 7 nitrogen and oxygen atoms in total. The van der Waals surface area contributed by atoms with E-state index >= 15 is 0 Å². The van der Waals surface area contributed by atoms with Crippen molar-refractivity contribution in [1.29, 1.82) is 5.26 Å². The van der Waals surface area contributed by atoms with E-state index in [-0.39, 0.29) is 6.04 Å². The molecular formula is C25H29N7. The number of nitrogens with one attached hydrogen (secondary N) is 2. The lowest BCUT2D eigenvalue weighted by Gasteiger charge is -2.24. The first kappa shape index (κ1) is 20.7. The Morgan fingerprint density at radius 2 is 2.09 bits per heavy atom. The molecule has 0 bridgehead atoms. The summed E-state index contributed by atoms with van der Waals surface area (Å²) in [5, 5.41) is 27.5. The number of benzene rings is 1. The SMILES string of the molecule is Cc1c(C#N)cccc1[C@@H](C)Nc1nnc(C)c2cnc(N3C[C@@H]4CCCN[C@@H]4C3)cc12. The summed E-state index contributed by atoms with van der Waals surface area (Å²) >= 11 is 0. The van der Waals surface area contributed by atoms with Crippen molar-refractivity contribution >= 4 is 22.4 Å². The lowest BCUT2D eigenvalue weighted by atomic mass is 9.94. The number of hydrogen-bond donors (Lipinski definition) is 2. The molecule has 2 saturated heterocycles. The van der Waals surface area contributed by atoms with Crippen molar-refractivity contribution in [3.8, 4) is 6.07 Å². The Bertz CT molecular complexity index is 1180. The molecule has 7 heteroatoms. The Labute approximate surface area is 188 Å². The number of aromatic nitrogens is 3. The van der Waals surface area contributed by atoms with Gasteiger partial charge in [0.25, 0.3) is 0 Å². The summed E-state index contributed by atoms with van der Waals surface area (Å²) < 4.78 is 0. The van der Waals surface area contributed by atoms with Crippen LogP contribution in [0.25, 0.3) is 10.8 Å². The summed E-state index contributed by atoms with van der Waals surface area (Å²) in [7, 11) is 0. The second-order valence-electron chi connectivity index (χ2n) is 9.09. The fourth-order valence-corrected chi connectivity index (χ4v) is 5.20. The molecule has 164 valence electrons. The number of nitriles is 1. The maximum Gasteiger partial charge on any atom is 0.157 e. The van der Waals surface area contributed by atoms with Crippen LogP contribution in [0.4, 0.5) is 11.6 Å². The fraction of sp³-hybridized carbons (Fsp3) is 0.440. The average Bonchev–Trinajstić information content (AvgIpc) is 3.25. The molecule has 0 spiro atoms. The highest BCUT2D eigenvalue weighted by Gasteiger charge is 2.34. The zero-order valence-electron chi connectivity index (χ0n) is 18.9. The summed E-state index contributed by atoms with van der Waals surface area (Å²) in [6.07, 6.45) is 4.48. The van der Waals surface area contributed by atoms with Gasteiger partial charge in [-0.25, -0.2) is 4.98 Å². The van der Waals surface area contributed by atoms with Crippen molar-refractivity contribution < 1.29 is 0 Å². The molecule has 0 radical (unpaired) electrons. The second-order valence-corrected chi connectivity index (χ2v) is 9.09. The maximum absolute atomic E-state index is 9.39. The summed E-state index contributed by atoms with van der Waals surface area (Å²) in [6, 6.07) is 10.8. The van der Waals surface area contributed by atoms with Gasteiger partial charge >= 0.3 is 0 Å². The van der Waals surface area contributed by atoms with Gasteiger partial charge in [0.05, 0.1) is 23.4 Å². The monoisotopic (exact) mass is 427 g/mol. The van der Waals surface area contributed by atoms with E-state index in [0.29, 0.717) is 17.5 Å². The van der Waals surface area contributed by atoms with Crippen LogP contribution in [-0.4, -0.2) is 40.9 Å². The van der Waals surface area contributed by atoms with Gasteiger partial charge in [0, 0.05) is 36.1 Å². The van der Waals surface area contributed by atoms with Crippen molar-refractivity contribution in [3.63, 3.8) is 0 Å². The zero-order chi connectivity index (χ0) is 22.2. The molecule has 5 rings (SSSR count). The molecule has 2 aliphatic rings. The summed E-state index contributed by atoms with van der Waals surface area (Å²) in [6.45, 7) is 9.22. The van der Waals surface area contributed by atoms with Crippen LogP contribution < -0.4 is 15.5 Å². The molecule has 0 amide bonds. The first-order valence-electron chi connectivity index (χ1n) is 11.4. The predicted octanol–water partition coefficient (Wildman–Crippen LogP) is 3.87. The molecule has 0 unspecified atom stereocenters. The zero-order valence-corrected chi connectivity index (χ0v) is 18.9. The molecule has 3 atom stereocenters. The van der Waals surface area contributed by atoms with Gasteiger partial charge in [-0.2, -0.15) is 10.4 Å². The van der Waals surface area contributed by atoms with Crippen LogP contribution in [0.1, 0.15) is 48.2 Å². The topological polar surface area (TPSA) is 89.8 Å². The molecule has 2 N–H and O–H groups in total. The van der Waals surface area contributed by atoms with Crippen molar-refractivity contribution in [1.82, 2.24) is 20.5 Å². The van der Waals surface area contributed by atoms with Crippen molar-refractivity contribution in [2.75, 3.05) is 29.9 Å². The molecule has 3 aromatic rings. The van der Waals surface area contributed by atoms with Crippen LogP contribution in [0.2, 0.25) is 0 Å². The lowest BCUT2D eigenvalue weighted by Crippen LogP contribution is -2.40. The third kappa shape index (κ3) is 3.65. The summed E-state index contributed by atoms with van der Waals surface area (Å²) in [5.74, 6) is 2.45. The molecule has 4 heterocycles. The number of piperidine rings is 1. The van der Waals surface area contributed by atoms with Gasteiger partial charge in [-0.3, -0.25) is 0 Å². The quantitative estimate of drug-likeness (QED) is 0.653. The van der Waals surface area contributed by atoms with Gasteiger partial charge in [0.15, 0.2) is 5.82 Å². The summed E-state index contributed by atoms with van der Waals surface area (Å²) in [5.41, 5.74) is 3.65. The van der Waals surface area contributed by atoms with Gasteiger partial charge in [-0.1, -0.05) is 12.1 Å². The minimum atomic E-state index is -0.0148. The van der Waals surface area contributed by atoms with E-state index in [0.717, 1.165) is 58.9 Å². The average molecular weight is 428 g/mol. The molecule has 2 fully saturated rings. The number of pyridine rings is 1. The van der Waals surface area contributed by atoms with E-state index in [4.69, 9.17) is 4.98 Å². The smallest absolute Gasteiger partial charge is 0.157 e. The Morgan fingerprint density at radius 3 is 2.91 bits per heavy atom. The Kier molecular flexibility index (Phi) is 5.40. The van der Waals surface area contributed by atoms with Gasteiger partial charge in [-0.15, -0.1) is 5.10 Å². The molecule has 2 aliphatic heterocycles. The fourth-order valence-electron chi connectivity index (χ4n) is 5.20. The van der Waals surface area contributed by atoms with E-state index in [9.17, 15) is 5.26 Å². The third-order valence-electron chi connectivity index (χ3n) is 7.07. The van der Waals surface area contributed by atoms with Gasteiger partial charge in [-0.05, 0) is 69.3 Å². The van der Waals surface area contributed by atoms with Crippen LogP contribution in [0, 0.1) is 31.1 Å². The van der Waals surface area contributed by atoms with E-state index < -0.39 is 0 Å². The highest BCUT2D eigenvalue weighted by molar-refractivity contribution is 5.94. The largest absolute Gasteiger partial charge is 0.362 e. The number of hydrogen-bond acceptors (Lipinski definition) is 7. The van der Waals surface area contributed by atoms with Crippen molar-refractivity contribution in [2.45, 2.75) is 45.7 Å². The van der Waals surface area contributed by atoms with Crippen LogP contribution in [0.15, 0.2) is 30.5 Å². The first-order valence-corrected chi connectivity index (χ1v) is 11.4. The van der Waals surface area contributed by atoms with Crippen LogP contribution in [0.5, 0.6) is 0 Å². The maximum atomic E-state index is 9.39. The Morgan fingerprint density at radius 1 is 1.22 bits per heavy atom. The third-order valence-corrected chi connectivity index (χ3v) is 7.07. The first-order chi connectivity index (χ1) is 15.5. The lowest BCUT2D eigenvalue weighted by molar-refractivity contribution is 0.340. The molecular weight excluding hydrogens is 398 g/mol. The number of rotatable bonds is 4. The molecule has 32 heavy (non-hydrogen) atoms. The van der Waals surface area contributed by atoms with Gasteiger partial charge in [0.2, 0.25) is 0 Å². The van der Waals surface area contributed by atoms with Crippen LogP contribution in [0.3, 0.4) is 0 Å². The Hall–Kier alpha value is -3.24. The highest BCUT2D eigenvalue weighted by Crippen LogP contribution is 2.33. The summed E-state index contributed by atoms with van der Waals surface area (Å²) in [4.78, 5) is 7.19. The van der Waals surface area contributed by atoms with Gasteiger partial charge < -0.3 is 15.5 Å². The molecule has 0 saturated carbocycles. The second kappa shape index (κ2) is 8.36. The molecule has 1 aromatic carbocycles. The molecule has 0 aliphatic carbocycles. The van der Waals surface area contributed by atoms with Crippen molar-refractivity contribution in [2.24, 2.45) is 5.92 Å². The Balaban J connectivity index is 1.48.